The summed E-state index contributed by atoms with van der Waals surface area (Å²) >= 11 is 0. The van der Waals surface area contributed by atoms with Gasteiger partial charge in [0.25, 0.3) is 0 Å². The first-order valence-corrected chi connectivity index (χ1v) is 5.81. The van der Waals surface area contributed by atoms with E-state index >= 15 is 0 Å². The third-order valence-electron chi connectivity index (χ3n) is 2.27. The number of alkyl carbamates (subject to hydrolysis) is 1. The van der Waals surface area contributed by atoms with Gasteiger partial charge in [0.1, 0.15) is 5.60 Å². The van der Waals surface area contributed by atoms with E-state index in [0.717, 1.165) is 5.56 Å². The molecule has 1 amide bonds. The molecule has 0 aliphatic carbocycles. The number of amides is 1. The first-order valence-electron chi connectivity index (χ1n) is 5.81. The summed E-state index contributed by atoms with van der Waals surface area (Å²) in [5.41, 5.74) is 1.03. The molecule has 0 spiro atoms. The van der Waals surface area contributed by atoms with E-state index in [1.165, 1.54) is 0 Å². The van der Waals surface area contributed by atoms with Crippen LogP contribution < -0.4 is 5.32 Å². The van der Waals surface area contributed by atoms with Crippen LogP contribution >= 0.6 is 0 Å². The monoisotopic (exact) mass is 246 g/mol. The Morgan fingerprint density at radius 3 is 2.33 bits per heavy atom. The number of hydrogen-bond donors (Lipinski definition) is 1. The standard InChI is InChI=1S/C14H18N2O2/c1-10(16-13(17)18-14(2,3)4)12-7-5-11(9-15)6-8-12/h5-8,10H,1-4H3,(H,16,17)/t10-/m0/s1. The van der Waals surface area contributed by atoms with Gasteiger partial charge in [-0.3, -0.25) is 0 Å². The van der Waals surface area contributed by atoms with E-state index in [1.807, 2.05) is 39.8 Å². The van der Waals surface area contributed by atoms with Crippen molar-refractivity contribution in [3.8, 4) is 6.07 Å². The Balaban J connectivity index is 2.62. The number of hydrogen-bond acceptors (Lipinski definition) is 3. The van der Waals surface area contributed by atoms with Gasteiger partial charge >= 0.3 is 6.09 Å². The Bertz CT molecular complexity index is 452. The van der Waals surface area contributed by atoms with E-state index in [2.05, 4.69) is 11.4 Å². The molecule has 0 aliphatic heterocycles. The third kappa shape index (κ3) is 4.46. The highest BCUT2D eigenvalue weighted by Gasteiger charge is 2.18. The maximum absolute atomic E-state index is 11.6. The van der Waals surface area contributed by atoms with Crippen LogP contribution in [-0.4, -0.2) is 11.7 Å². The fraction of sp³-hybridized carbons (Fsp3) is 0.429. The number of rotatable bonds is 2. The molecular weight excluding hydrogens is 228 g/mol. The summed E-state index contributed by atoms with van der Waals surface area (Å²) in [5, 5.41) is 11.4. The number of nitrogens with zero attached hydrogens (tertiary/aromatic N) is 1. The Morgan fingerprint density at radius 2 is 1.89 bits per heavy atom. The SMILES string of the molecule is C[C@H](NC(=O)OC(C)(C)C)c1ccc(C#N)cc1. The van der Waals surface area contributed by atoms with Crippen LogP contribution in [-0.2, 0) is 4.74 Å². The summed E-state index contributed by atoms with van der Waals surface area (Å²) < 4.78 is 5.17. The lowest BCUT2D eigenvalue weighted by atomic mass is 10.1. The summed E-state index contributed by atoms with van der Waals surface area (Å²) in [6.45, 7) is 7.32. The molecule has 0 saturated carbocycles. The van der Waals surface area contributed by atoms with Crippen LogP contribution in [0.5, 0.6) is 0 Å². The van der Waals surface area contributed by atoms with Crippen molar-refractivity contribution in [2.45, 2.75) is 39.3 Å². The van der Waals surface area contributed by atoms with E-state index < -0.39 is 11.7 Å². The van der Waals surface area contributed by atoms with Crippen LogP contribution in [0, 0.1) is 11.3 Å². The molecule has 0 radical (unpaired) electrons. The first-order chi connectivity index (χ1) is 8.31. The van der Waals surface area contributed by atoms with Crippen LogP contribution in [0.4, 0.5) is 4.79 Å². The van der Waals surface area contributed by atoms with Crippen molar-refractivity contribution in [3.63, 3.8) is 0 Å². The maximum Gasteiger partial charge on any atom is 0.408 e. The molecule has 96 valence electrons. The zero-order chi connectivity index (χ0) is 13.8. The Kier molecular flexibility index (Phi) is 4.33. The molecule has 4 heteroatoms. The second-order valence-electron chi connectivity index (χ2n) is 5.10. The average molecular weight is 246 g/mol. The number of benzene rings is 1. The molecule has 0 bridgehead atoms. The minimum atomic E-state index is -0.505. The molecule has 0 heterocycles. The van der Waals surface area contributed by atoms with Gasteiger partial charge in [-0.1, -0.05) is 12.1 Å². The van der Waals surface area contributed by atoms with E-state index in [0.29, 0.717) is 5.56 Å². The number of carbonyl (C=O) groups excluding carboxylic acids is 1. The minimum Gasteiger partial charge on any atom is -0.444 e. The average Bonchev–Trinajstić information content (AvgIpc) is 2.26. The van der Waals surface area contributed by atoms with Crippen LogP contribution in [0.15, 0.2) is 24.3 Å². The number of nitrogens with one attached hydrogen (secondary N) is 1. The van der Waals surface area contributed by atoms with Crippen LogP contribution in [0.3, 0.4) is 0 Å². The summed E-state index contributed by atoms with van der Waals surface area (Å²) in [7, 11) is 0. The van der Waals surface area contributed by atoms with Gasteiger partial charge < -0.3 is 10.1 Å². The molecule has 0 aromatic heterocycles. The Labute approximate surface area is 108 Å². The lowest BCUT2D eigenvalue weighted by molar-refractivity contribution is 0.0508. The number of carbonyl (C=O) groups is 1. The van der Waals surface area contributed by atoms with Crippen molar-refractivity contribution in [3.05, 3.63) is 35.4 Å². The molecule has 18 heavy (non-hydrogen) atoms. The van der Waals surface area contributed by atoms with Gasteiger partial charge in [0.2, 0.25) is 0 Å². The smallest absolute Gasteiger partial charge is 0.408 e. The molecule has 0 saturated heterocycles. The molecule has 0 unspecified atom stereocenters. The predicted molar refractivity (Wildman–Crippen MR) is 68.9 cm³/mol. The molecule has 1 atom stereocenters. The highest BCUT2D eigenvalue weighted by Crippen LogP contribution is 2.14. The number of ether oxygens (including phenoxy) is 1. The normalized spacial score (nSPS) is 12.4. The van der Waals surface area contributed by atoms with E-state index in [1.54, 1.807) is 12.1 Å². The largest absolute Gasteiger partial charge is 0.444 e. The second kappa shape index (κ2) is 5.54. The molecule has 1 aromatic rings. The van der Waals surface area contributed by atoms with Gasteiger partial charge in [-0.15, -0.1) is 0 Å². The van der Waals surface area contributed by atoms with E-state index in [9.17, 15) is 4.79 Å². The van der Waals surface area contributed by atoms with Gasteiger partial charge in [-0.25, -0.2) is 4.79 Å². The van der Waals surface area contributed by atoms with E-state index in [-0.39, 0.29) is 6.04 Å². The predicted octanol–water partition coefficient (Wildman–Crippen LogP) is 3.14. The summed E-state index contributed by atoms with van der Waals surface area (Å²) in [6.07, 6.45) is -0.445. The topological polar surface area (TPSA) is 62.1 Å². The van der Waals surface area contributed by atoms with Crippen molar-refractivity contribution in [2.75, 3.05) is 0 Å². The fourth-order valence-electron chi connectivity index (χ4n) is 1.41. The minimum absolute atomic E-state index is 0.160. The lowest BCUT2D eigenvalue weighted by Crippen LogP contribution is -2.34. The highest BCUT2D eigenvalue weighted by molar-refractivity contribution is 5.68. The molecule has 0 fully saturated rings. The van der Waals surface area contributed by atoms with Crippen molar-refractivity contribution in [1.29, 1.82) is 5.26 Å². The van der Waals surface area contributed by atoms with Crippen LogP contribution in [0.25, 0.3) is 0 Å². The van der Waals surface area contributed by atoms with Crippen molar-refractivity contribution >= 4 is 6.09 Å². The molecule has 0 aliphatic rings. The third-order valence-corrected chi connectivity index (χ3v) is 2.27. The quantitative estimate of drug-likeness (QED) is 0.871. The molecule has 1 aromatic carbocycles. The van der Waals surface area contributed by atoms with Crippen molar-refractivity contribution < 1.29 is 9.53 Å². The molecule has 1 N–H and O–H groups in total. The summed E-state index contributed by atoms with van der Waals surface area (Å²) in [6, 6.07) is 8.98. The number of nitriles is 1. The molecule has 1 rings (SSSR count). The zero-order valence-electron chi connectivity index (χ0n) is 11.2. The van der Waals surface area contributed by atoms with Crippen LogP contribution in [0.1, 0.15) is 44.9 Å². The summed E-state index contributed by atoms with van der Waals surface area (Å²) in [4.78, 5) is 11.6. The Morgan fingerprint density at radius 1 is 1.33 bits per heavy atom. The summed E-state index contributed by atoms with van der Waals surface area (Å²) in [5.74, 6) is 0. The van der Waals surface area contributed by atoms with Crippen molar-refractivity contribution in [1.82, 2.24) is 5.32 Å². The van der Waals surface area contributed by atoms with Crippen molar-refractivity contribution in [2.24, 2.45) is 0 Å². The first kappa shape index (κ1) is 14.0. The zero-order valence-corrected chi connectivity index (χ0v) is 11.2. The van der Waals surface area contributed by atoms with Gasteiger partial charge in [0.05, 0.1) is 17.7 Å². The second-order valence-corrected chi connectivity index (χ2v) is 5.10. The van der Waals surface area contributed by atoms with Gasteiger partial charge in [-0.05, 0) is 45.4 Å². The maximum atomic E-state index is 11.6. The molecule has 4 nitrogen and oxygen atoms in total. The van der Waals surface area contributed by atoms with Crippen LogP contribution in [0.2, 0.25) is 0 Å². The fourth-order valence-corrected chi connectivity index (χ4v) is 1.41. The van der Waals surface area contributed by atoms with Gasteiger partial charge in [-0.2, -0.15) is 5.26 Å². The van der Waals surface area contributed by atoms with Gasteiger partial charge in [0.15, 0.2) is 0 Å². The molecular formula is C14H18N2O2. The van der Waals surface area contributed by atoms with E-state index in [4.69, 9.17) is 10.00 Å². The highest BCUT2D eigenvalue weighted by atomic mass is 16.6. The lowest BCUT2D eigenvalue weighted by Gasteiger charge is -2.22. The van der Waals surface area contributed by atoms with Gasteiger partial charge in [0, 0.05) is 0 Å². The Hall–Kier alpha value is -2.02.